The molecule has 120 valence electrons. The third kappa shape index (κ3) is 3.25. The molecule has 0 radical (unpaired) electrons. The third-order valence-electron chi connectivity index (χ3n) is 4.07. The normalized spacial score (nSPS) is 14.3. The second kappa shape index (κ2) is 6.50. The highest BCUT2D eigenvalue weighted by Crippen LogP contribution is 2.46. The van der Waals surface area contributed by atoms with E-state index in [0.717, 1.165) is 5.56 Å². The Balaban J connectivity index is 1.63. The van der Waals surface area contributed by atoms with Crippen molar-refractivity contribution in [3.8, 4) is 6.07 Å². The van der Waals surface area contributed by atoms with E-state index >= 15 is 0 Å². The molecule has 2 N–H and O–H groups in total. The smallest absolute Gasteiger partial charge is 0.240 e. The van der Waals surface area contributed by atoms with E-state index in [0.29, 0.717) is 30.6 Å². The van der Waals surface area contributed by atoms with Gasteiger partial charge in [0.25, 0.3) is 0 Å². The molecule has 2 amide bonds. The molecule has 1 saturated carbocycles. The number of amides is 2. The van der Waals surface area contributed by atoms with Gasteiger partial charge in [0, 0.05) is 24.6 Å². The zero-order chi connectivity index (χ0) is 17.0. The monoisotopic (exact) mass is 320 g/mol. The van der Waals surface area contributed by atoms with Crippen molar-refractivity contribution < 1.29 is 9.59 Å². The fraction of sp³-hybridized carbons (Fsp3) is 0.222. The highest BCUT2D eigenvalue weighted by Gasteiger charge is 2.56. The van der Waals surface area contributed by atoms with Crippen LogP contribution in [0.25, 0.3) is 0 Å². The van der Waals surface area contributed by atoms with E-state index in [1.807, 2.05) is 18.2 Å². The summed E-state index contributed by atoms with van der Waals surface area (Å²) in [6.07, 6.45) is 4.37. The van der Waals surface area contributed by atoms with Crippen molar-refractivity contribution in [1.82, 2.24) is 10.3 Å². The van der Waals surface area contributed by atoms with Gasteiger partial charge in [0.2, 0.25) is 11.8 Å². The van der Waals surface area contributed by atoms with Gasteiger partial charge in [-0.2, -0.15) is 5.26 Å². The molecule has 1 heterocycles. The average Bonchev–Trinajstić information content (AvgIpc) is 3.43. The number of benzene rings is 1. The quantitative estimate of drug-likeness (QED) is 0.824. The number of hydrogen-bond donors (Lipinski definition) is 2. The zero-order valence-electron chi connectivity index (χ0n) is 13.0. The van der Waals surface area contributed by atoms with Gasteiger partial charge in [-0.25, -0.2) is 0 Å². The number of anilines is 1. The number of rotatable bonds is 5. The molecule has 6 nitrogen and oxygen atoms in total. The van der Waals surface area contributed by atoms with Crippen LogP contribution in [0, 0.1) is 16.7 Å². The molecular weight excluding hydrogens is 304 g/mol. The highest BCUT2D eigenvalue weighted by molar-refractivity contribution is 6.13. The minimum atomic E-state index is -1.00. The molecule has 0 unspecified atom stereocenters. The van der Waals surface area contributed by atoms with E-state index < -0.39 is 5.41 Å². The van der Waals surface area contributed by atoms with Gasteiger partial charge in [-0.1, -0.05) is 6.07 Å². The number of carbonyl (C=O) groups excluding carboxylic acids is 2. The van der Waals surface area contributed by atoms with Gasteiger partial charge >= 0.3 is 0 Å². The number of carbonyl (C=O) groups is 2. The first-order valence-corrected chi connectivity index (χ1v) is 7.63. The largest absolute Gasteiger partial charge is 0.351 e. The summed E-state index contributed by atoms with van der Waals surface area (Å²) in [5.74, 6) is -0.599. The number of hydrogen-bond acceptors (Lipinski definition) is 4. The lowest BCUT2D eigenvalue weighted by molar-refractivity contribution is -0.134. The highest BCUT2D eigenvalue weighted by atomic mass is 16.2. The van der Waals surface area contributed by atoms with Crippen LogP contribution < -0.4 is 10.6 Å². The van der Waals surface area contributed by atoms with E-state index in [2.05, 4.69) is 15.6 Å². The zero-order valence-corrected chi connectivity index (χ0v) is 13.0. The Kier molecular flexibility index (Phi) is 4.25. The van der Waals surface area contributed by atoms with E-state index in [9.17, 15) is 9.59 Å². The number of nitrogens with one attached hydrogen (secondary N) is 2. The molecule has 1 aliphatic carbocycles. The molecule has 1 aliphatic rings. The summed E-state index contributed by atoms with van der Waals surface area (Å²) in [7, 11) is 0. The Morgan fingerprint density at radius 3 is 2.58 bits per heavy atom. The Bertz CT molecular complexity index is 807. The number of nitriles is 1. The van der Waals surface area contributed by atoms with Crippen LogP contribution in [0.15, 0.2) is 48.8 Å². The van der Waals surface area contributed by atoms with Gasteiger partial charge in [-0.3, -0.25) is 14.6 Å². The van der Waals surface area contributed by atoms with Gasteiger partial charge in [-0.15, -0.1) is 0 Å². The van der Waals surface area contributed by atoms with Crippen molar-refractivity contribution in [3.63, 3.8) is 0 Å². The number of aromatic nitrogens is 1. The van der Waals surface area contributed by atoms with Gasteiger partial charge in [0.05, 0.1) is 11.6 Å². The average molecular weight is 320 g/mol. The van der Waals surface area contributed by atoms with Crippen LogP contribution in [0.4, 0.5) is 5.69 Å². The molecule has 1 aromatic heterocycles. The predicted molar refractivity (Wildman–Crippen MR) is 87.5 cm³/mol. The fourth-order valence-corrected chi connectivity index (χ4v) is 2.45. The lowest BCUT2D eigenvalue weighted by Gasteiger charge is -2.15. The van der Waals surface area contributed by atoms with E-state index in [4.69, 9.17) is 5.26 Å². The molecule has 2 aromatic rings. The van der Waals surface area contributed by atoms with Gasteiger partial charge in [0.1, 0.15) is 5.41 Å². The minimum Gasteiger partial charge on any atom is -0.351 e. The Labute approximate surface area is 139 Å². The summed E-state index contributed by atoms with van der Waals surface area (Å²) in [5, 5.41) is 14.5. The molecular formula is C18H16N4O2. The minimum absolute atomic E-state index is 0.270. The van der Waals surface area contributed by atoms with Crippen molar-refractivity contribution in [2.45, 2.75) is 19.4 Å². The predicted octanol–water partition coefficient (Wildman–Crippen LogP) is 1.99. The van der Waals surface area contributed by atoms with E-state index in [1.54, 1.807) is 36.7 Å². The van der Waals surface area contributed by atoms with Crippen LogP contribution in [-0.4, -0.2) is 16.8 Å². The molecule has 0 saturated heterocycles. The number of nitrogens with zero attached hydrogens (tertiary/aromatic N) is 2. The maximum atomic E-state index is 12.5. The summed E-state index contributed by atoms with van der Waals surface area (Å²) in [5.41, 5.74) is 0.902. The molecule has 6 heteroatoms. The van der Waals surface area contributed by atoms with Crippen LogP contribution in [-0.2, 0) is 16.1 Å². The second-order valence-corrected chi connectivity index (χ2v) is 5.77. The van der Waals surface area contributed by atoms with Crippen LogP contribution in [0.5, 0.6) is 0 Å². The van der Waals surface area contributed by atoms with Gasteiger partial charge in [0.15, 0.2) is 0 Å². The van der Waals surface area contributed by atoms with Crippen molar-refractivity contribution in [2.75, 3.05) is 5.32 Å². The lowest BCUT2D eigenvalue weighted by atomic mass is 10.0. The second-order valence-electron chi connectivity index (χ2n) is 5.77. The van der Waals surface area contributed by atoms with Crippen LogP contribution in [0.2, 0.25) is 0 Å². The summed E-state index contributed by atoms with van der Waals surface area (Å²) in [6, 6.07) is 12.3. The van der Waals surface area contributed by atoms with Crippen molar-refractivity contribution in [2.24, 2.45) is 5.41 Å². The van der Waals surface area contributed by atoms with E-state index in [-0.39, 0.29) is 11.8 Å². The summed E-state index contributed by atoms with van der Waals surface area (Å²) < 4.78 is 0. The lowest BCUT2D eigenvalue weighted by Crippen LogP contribution is -2.39. The molecule has 1 fully saturated rings. The van der Waals surface area contributed by atoms with Crippen molar-refractivity contribution in [1.29, 1.82) is 5.26 Å². The first-order valence-electron chi connectivity index (χ1n) is 7.63. The van der Waals surface area contributed by atoms with Crippen LogP contribution in [0.1, 0.15) is 24.0 Å². The summed E-state index contributed by atoms with van der Waals surface area (Å²) >= 11 is 0. The van der Waals surface area contributed by atoms with Gasteiger partial charge in [-0.05, 0) is 48.7 Å². The van der Waals surface area contributed by atoms with E-state index in [1.165, 1.54) is 0 Å². The summed E-state index contributed by atoms with van der Waals surface area (Å²) in [6.45, 7) is 0.361. The van der Waals surface area contributed by atoms with Crippen LogP contribution in [0.3, 0.4) is 0 Å². The first kappa shape index (κ1) is 15.7. The Hall–Kier alpha value is -3.20. The maximum Gasteiger partial charge on any atom is 0.240 e. The van der Waals surface area contributed by atoms with Gasteiger partial charge < -0.3 is 10.6 Å². The topological polar surface area (TPSA) is 94.9 Å². The summed E-state index contributed by atoms with van der Waals surface area (Å²) in [4.78, 5) is 28.8. The molecule has 24 heavy (non-hydrogen) atoms. The third-order valence-corrected chi connectivity index (χ3v) is 4.07. The fourth-order valence-electron chi connectivity index (χ4n) is 2.45. The number of pyridine rings is 1. The van der Waals surface area contributed by atoms with Crippen molar-refractivity contribution in [3.05, 3.63) is 59.9 Å². The molecule has 0 atom stereocenters. The molecule has 0 bridgehead atoms. The standard InChI is InChI=1S/C18H16N4O2/c19-11-14-2-1-3-15(10-14)22-17(24)18(6-7-18)16(23)21-12-13-4-8-20-9-5-13/h1-5,8-10H,6-7,12H2,(H,21,23)(H,22,24). The Morgan fingerprint density at radius 2 is 1.92 bits per heavy atom. The molecule has 1 aromatic carbocycles. The SMILES string of the molecule is N#Cc1cccc(NC(=O)C2(C(=O)NCc3ccncc3)CC2)c1. The van der Waals surface area contributed by atoms with Crippen molar-refractivity contribution >= 4 is 17.5 Å². The Morgan fingerprint density at radius 1 is 1.17 bits per heavy atom. The first-order chi connectivity index (χ1) is 11.6. The maximum absolute atomic E-state index is 12.5. The molecule has 0 spiro atoms. The van der Waals surface area contributed by atoms with Crippen LogP contribution >= 0.6 is 0 Å². The molecule has 0 aliphatic heterocycles. The molecule has 3 rings (SSSR count).